The topological polar surface area (TPSA) is 65.0 Å². The Labute approximate surface area is 228 Å². The number of carbonyl (C=O) groups excluding carboxylic acids is 1. The molecule has 38 heavy (non-hydrogen) atoms. The number of benzene rings is 1. The first-order valence-corrected chi connectivity index (χ1v) is 15.1. The van der Waals surface area contributed by atoms with Crippen molar-refractivity contribution in [2.24, 2.45) is 52.8 Å². The monoisotopic (exact) mass is 522 g/mol. The van der Waals surface area contributed by atoms with Crippen molar-refractivity contribution in [1.29, 1.82) is 0 Å². The lowest BCUT2D eigenvalue weighted by Gasteiger charge is -2.63. The van der Waals surface area contributed by atoms with Gasteiger partial charge in [-0.25, -0.2) is 0 Å². The number of carbonyl (C=O) groups is 1. The maximum Gasteiger partial charge on any atom is 0.309 e. The van der Waals surface area contributed by atoms with E-state index in [1.54, 1.807) is 12.7 Å². The van der Waals surface area contributed by atoms with E-state index in [9.17, 15) is 9.90 Å². The molecule has 5 heteroatoms. The van der Waals surface area contributed by atoms with Crippen LogP contribution in [0.4, 0.5) is 0 Å². The third-order valence-electron chi connectivity index (χ3n) is 11.1. The summed E-state index contributed by atoms with van der Waals surface area (Å²) in [5, 5.41) is 11.1. The molecule has 2 bridgehead atoms. The summed E-state index contributed by atoms with van der Waals surface area (Å²) in [7, 11) is 1.73. The van der Waals surface area contributed by atoms with Crippen LogP contribution in [0.2, 0.25) is 0 Å². The average Bonchev–Trinajstić information content (AvgIpc) is 2.91. The SMILES string of the molecule is CO[C@@H]1C2COC[C@@]3(C[C@H]1O)C1=CCC4C(CCC(CC(C)C)C4C(=O)OCc4ccccc4)C1CCC23. The summed E-state index contributed by atoms with van der Waals surface area (Å²) < 4.78 is 18.1. The number of methoxy groups -OCH3 is 1. The first-order valence-electron chi connectivity index (χ1n) is 15.1. The molecule has 7 unspecified atom stereocenters. The van der Waals surface area contributed by atoms with Crippen molar-refractivity contribution in [3.05, 3.63) is 47.5 Å². The molecule has 1 aliphatic heterocycles. The van der Waals surface area contributed by atoms with Gasteiger partial charge in [-0.1, -0.05) is 55.8 Å². The van der Waals surface area contributed by atoms with Gasteiger partial charge in [-0.05, 0) is 86.0 Å². The van der Waals surface area contributed by atoms with Crippen LogP contribution in [0.25, 0.3) is 0 Å². The van der Waals surface area contributed by atoms with Crippen LogP contribution < -0.4 is 0 Å². The van der Waals surface area contributed by atoms with Crippen LogP contribution in [0.1, 0.15) is 64.4 Å². The zero-order chi connectivity index (χ0) is 26.4. The van der Waals surface area contributed by atoms with E-state index in [1.807, 2.05) is 30.3 Å². The van der Waals surface area contributed by atoms with Gasteiger partial charge in [-0.2, -0.15) is 0 Å². The minimum atomic E-state index is -0.440. The molecule has 5 aliphatic rings. The van der Waals surface area contributed by atoms with Crippen molar-refractivity contribution in [3.63, 3.8) is 0 Å². The van der Waals surface area contributed by atoms with E-state index in [0.29, 0.717) is 48.7 Å². The fourth-order valence-corrected chi connectivity index (χ4v) is 9.80. The number of esters is 1. The summed E-state index contributed by atoms with van der Waals surface area (Å²) in [6.45, 7) is 6.32. The summed E-state index contributed by atoms with van der Waals surface area (Å²) >= 11 is 0. The van der Waals surface area contributed by atoms with Crippen LogP contribution in [0.5, 0.6) is 0 Å². The van der Waals surface area contributed by atoms with Gasteiger partial charge in [0.25, 0.3) is 0 Å². The fourth-order valence-electron chi connectivity index (χ4n) is 9.80. The van der Waals surface area contributed by atoms with E-state index in [1.165, 1.54) is 19.3 Å². The molecule has 1 heterocycles. The number of ether oxygens (including phenoxy) is 3. The fraction of sp³-hybridized carbons (Fsp3) is 0.727. The van der Waals surface area contributed by atoms with E-state index in [2.05, 4.69) is 19.9 Å². The summed E-state index contributed by atoms with van der Waals surface area (Å²) in [5.41, 5.74) is 2.53. The molecular weight excluding hydrogens is 476 g/mol. The Morgan fingerprint density at radius 3 is 2.68 bits per heavy atom. The highest BCUT2D eigenvalue weighted by atomic mass is 16.5. The normalized spacial score (nSPS) is 41.9. The Hall–Kier alpha value is -1.69. The van der Waals surface area contributed by atoms with Gasteiger partial charge in [-0.15, -0.1) is 0 Å². The summed E-state index contributed by atoms with van der Waals surface area (Å²) in [5.74, 6) is 3.08. The van der Waals surface area contributed by atoms with Crippen molar-refractivity contribution in [2.45, 2.75) is 77.6 Å². The van der Waals surface area contributed by atoms with Gasteiger partial charge < -0.3 is 19.3 Å². The van der Waals surface area contributed by atoms with Gasteiger partial charge in [0, 0.05) is 18.4 Å². The third-order valence-corrected chi connectivity index (χ3v) is 11.1. The molecule has 0 spiro atoms. The minimum Gasteiger partial charge on any atom is -0.461 e. The van der Waals surface area contributed by atoms with Crippen LogP contribution in [0, 0.1) is 52.8 Å². The minimum absolute atomic E-state index is 0.00925. The number of aliphatic hydroxyl groups excluding tert-OH is 1. The largest absolute Gasteiger partial charge is 0.461 e. The molecule has 3 saturated carbocycles. The zero-order valence-electron chi connectivity index (χ0n) is 23.4. The van der Waals surface area contributed by atoms with E-state index in [4.69, 9.17) is 14.2 Å². The smallest absolute Gasteiger partial charge is 0.309 e. The van der Waals surface area contributed by atoms with Crippen molar-refractivity contribution in [3.8, 4) is 0 Å². The van der Waals surface area contributed by atoms with E-state index < -0.39 is 6.10 Å². The summed E-state index contributed by atoms with van der Waals surface area (Å²) in [6.07, 6.45) is 9.36. The maximum absolute atomic E-state index is 13.8. The Balaban J connectivity index is 1.28. The average molecular weight is 523 g/mol. The van der Waals surface area contributed by atoms with E-state index >= 15 is 0 Å². The van der Waals surface area contributed by atoms with E-state index in [0.717, 1.165) is 37.9 Å². The molecule has 1 aromatic rings. The maximum atomic E-state index is 13.8. The highest BCUT2D eigenvalue weighted by Crippen LogP contribution is 2.64. The molecule has 10 atom stereocenters. The molecule has 4 fully saturated rings. The number of hydrogen-bond acceptors (Lipinski definition) is 5. The Bertz CT molecular complexity index is 1020. The number of hydrogen-bond donors (Lipinski definition) is 1. The number of rotatable bonds is 6. The Kier molecular flexibility index (Phi) is 7.47. The van der Waals surface area contributed by atoms with Crippen molar-refractivity contribution < 1.29 is 24.1 Å². The highest BCUT2D eigenvalue weighted by molar-refractivity contribution is 5.73. The van der Waals surface area contributed by atoms with Crippen LogP contribution in [-0.4, -0.2) is 43.6 Å². The van der Waals surface area contributed by atoms with Gasteiger partial charge in [0.05, 0.1) is 31.3 Å². The van der Waals surface area contributed by atoms with E-state index in [-0.39, 0.29) is 29.3 Å². The van der Waals surface area contributed by atoms with Crippen LogP contribution in [0.3, 0.4) is 0 Å². The first kappa shape index (κ1) is 26.5. The van der Waals surface area contributed by atoms with Gasteiger partial charge >= 0.3 is 5.97 Å². The van der Waals surface area contributed by atoms with Crippen LogP contribution >= 0.6 is 0 Å². The molecular formula is C33H46O5. The molecule has 5 nitrogen and oxygen atoms in total. The van der Waals surface area contributed by atoms with Crippen molar-refractivity contribution in [2.75, 3.05) is 20.3 Å². The quantitative estimate of drug-likeness (QED) is 0.378. The molecule has 0 amide bonds. The number of fused-ring (bicyclic) bond motifs is 3. The predicted octanol–water partition coefficient (Wildman–Crippen LogP) is 5.80. The lowest BCUT2D eigenvalue weighted by Crippen LogP contribution is -2.63. The van der Waals surface area contributed by atoms with Gasteiger partial charge in [0.2, 0.25) is 0 Å². The van der Waals surface area contributed by atoms with Gasteiger partial charge in [0.15, 0.2) is 0 Å². The van der Waals surface area contributed by atoms with Gasteiger partial charge in [0.1, 0.15) is 6.61 Å². The second-order valence-electron chi connectivity index (χ2n) is 13.4. The molecule has 0 radical (unpaired) electrons. The second-order valence-corrected chi connectivity index (χ2v) is 13.4. The Morgan fingerprint density at radius 2 is 1.92 bits per heavy atom. The third kappa shape index (κ3) is 4.47. The number of aliphatic hydroxyl groups is 1. The lowest BCUT2D eigenvalue weighted by molar-refractivity contribution is -0.209. The standard InChI is InChI=1S/C33H46O5/c1-20(2)15-22-9-10-23-24-11-13-28-26-18-37-19-33(28,16-29(34)31(26)36-3)27(24)14-12-25(23)30(22)32(35)38-17-21-7-5-4-6-8-21/h4-8,14,20,22-26,28-31,34H,9-13,15-19H2,1-3H3/t22?,23?,24?,25?,26?,28?,29-,30?,31-,33+/m1/s1. The second kappa shape index (κ2) is 10.7. The van der Waals surface area contributed by atoms with Crippen LogP contribution in [-0.2, 0) is 25.6 Å². The summed E-state index contributed by atoms with van der Waals surface area (Å²) in [4.78, 5) is 13.8. The lowest BCUT2D eigenvalue weighted by atomic mass is 9.45. The molecule has 0 aromatic heterocycles. The molecule has 1 N–H and O–H groups in total. The predicted molar refractivity (Wildman–Crippen MR) is 146 cm³/mol. The first-order chi connectivity index (χ1) is 18.4. The van der Waals surface area contributed by atoms with Gasteiger partial charge in [-0.3, -0.25) is 4.79 Å². The molecule has 1 saturated heterocycles. The highest BCUT2D eigenvalue weighted by Gasteiger charge is 2.62. The molecule has 4 aliphatic carbocycles. The van der Waals surface area contributed by atoms with Crippen molar-refractivity contribution >= 4 is 5.97 Å². The van der Waals surface area contributed by atoms with Crippen LogP contribution in [0.15, 0.2) is 42.0 Å². The molecule has 208 valence electrons. The molecule has 1 aromatic carbocycles. The summed E-state index contributed by atoms with van der Waals surface area (Å²) in [6, 6.07) is 10.1. The molecule has 6 rings (SSSR count). The number of allylic oxidation sites excluding steroid dienone is 1. The van der Waals surface area contributed by atoms with Crippen molar-refractivity contribution in [1.82, 2.24) is 0 Å². The zero-order valence-corrected chi connectivity index (χ0v) is 23.4. The Morgan fingerprint density at radius 1 is 1.11 bits per heavy atom.